The molecule has 0 bridgehead atoms. The number of hydrogen-bond donors (Lipinski definition) is 1. The zero-order valence-electron chi connectivity index (χ0n) is 11.9. The second kappa shape index (κ2) is 7.31. The molecule has 0 saturated carbocycles. The van der Waals surface area contributed by atoms with Crippen molar-refractivity contribution in [2.45, 2.75) is 30.5 Å². The minimum absolute atomic E-state index is 0.0374. The van der Waals surface area contributed by atoms with E-state index in [9.17, 15) is 0 Å². The van der Waals surface area contributed by atoms with Gasteiger partial charge < -0.3 is 10.5 Å². The van der Waals surface area contributed by atoms with Crippen LogP contribution in [0.3, 0.4) is 0 Å². The number of aromatic nitrogens is 1. The van der Waals surface area contributed by atoms with E-state index in [1.807, 2.05) is 50.5 Å². The van der Waals surface area contributed by atoms with Crippen molar-refractivity contribution in [3.63, 3.8) is 0 Å². The average Bonchev–Trinajstić information content (AvgIpc) is 2.47. The molecular formula is C16H20N2OS. The van der Waals surface area contributed by atoms with Crippen molar-refractivity contribution in [3.05, 3.63) is 53.9 Å². The molecule has 1 aromatic heterocycles. The quantitative estimate of drug-likeness (QED) is 0.822. The summed E-state index contributed by atoms with van der Waals surface area (Å²) in [5.41, 5.74) is 8.28. The summed E-state index contributed by atoms with van der Waals surface area (Å²) >= 11 is 1.77. The summed E-state index contributed by atoms with van der Waals surface area (Å²) in [6, 6.07) is 10.3. The van der Waals surface area contributed by atoms with Gasteiger partial charge in [0, 0.05) is 34.6 Å². The Kier molecular flexibility index (Phi) is 5.44. The van der Waals surface area contributed by atoms with E-state index in [1.54, 1.807) is 11.8 Å². The van der Waals surface area contributed by atoms with Crippen LogP contribution >= 0.6 is 11.8 Å². The van der Waals surface area contributed by atoms with Crippen LogP contribution in [0.25, 0.3) is 0 Å². The highest BCUT2D eigenvalue weighted by molar-refractivity contribution is 7.98. The monoisotopic (exact) mass is 288 g/mol. The normalized spacial score (nSPS) is 12.2. The molecule has 20 heavy (non-hydrogen) atoms. The maximum absolute atomic E-state index is 5.96. The maximum atomic E-state index is 5.96. The second-order valence-electron chi connectivity index (χ2n) is 4.56. The van der Waals surface area contributed by atoms with E-state index in [0.29, 0.717) is 6.61 Å². The van der Waals surface area contributed by atoms with E-state index in [0.717, 1.165) is 17.1 Å². The van der Waals surface area contributed by atoms with E-state index in [4.69, 9.17) is 10.5 Å². The molecule has 3 nitrogen and oxygen atoms in total. The van der Waals surface area contributed by atoms with Crippen LogP contribution < -0.4 is 10.5 Å². The van der Waals surface area contributed by atoms with Crippen molar-refractivity contribution in [1.29, 1.82) is 0 Å². The molecule has 0 radical (unpaired) electrons. The first kappa shape index (κ1) is 14.9. The molecule has 0 aliphatic carbocycles. The highest BCUT2D eigenvalue weighted by atomic mass is 32.2. The van der Waals surface area contributed by atoms with Crippen molar-refractivity contribution < 1.29 is 4.74 Å². The van der Waals surface area contributed by atoms with Crippen LogP contribution in [0.5, 0.6) is 5.75 Å². The fourth-order valence-corrected chi connectivity index (χ4v) is 2.75. The summed E-state index contributed by atoms with van der Waals surface area (Å²) in [7, 11) is 0. The summed E-state index contributed by atoms with van der Waals surface area (Å²) in [5.74, 6) is 1.80. The van der Waals surface area contributed by atoms with Gasteiger partial charge in [-0.15, -0.1) is 11.8 Å². The molecule has 0 aliphatic heterocycles. The first-order chi connectivity index (χ1) is 9.70. The molecule has 0 saturated heterocycles. The topological polar surface area (TPSA) is 48.1 Å². The van der Waals surface area contributed by atoms with Crippen LogP contribution in [-0.4, -0.2) is 11.6 Å². The van der Waals surface area contributed by atoms with E-state index < -0.39 is 0 Å². The van der Waals surface area contributed by atoms with Crippen LogP contribution in [0.4, 0.5) is 0 Å². The van der Waals surface area contributed by atoms with Gasteiger partial charge in [0.2, 0.25) is 0 Å². The predicted octanol–water partition coefficient (Wildman–Crippen LogP) is 3.79. The van der Waals surface area contributed by atoms with Crippen molar-refractivity contribution in [2.75, 3.05) is 6.61 Å². The van der Waals surface area contributed by atoms with Crippen LogP contribution in [0.1, 0.15) is 31.0 Å². The zero-order valence-corrected chi connectivity index (χ0v) is 12.7. The Hall–Kier alpha value is -1.52. The minimum atomic E-state index is 0.0374. The lowest BCUT2D eigenvalue weighted by Gasteiger charge is -2.13. The lowest BCUT2D eigenvalue weighted by molar-refractivity contribution is 0.337. The van der Waals surface area contributed by atoms with Crippen molar-refractivity contribution in [1.82, 2.24) is 4.98 Å². The van der Waals surface area contributed by atoms with Crippen molar-refractivity contribution >= 4 is 11.8 Å². The minimum Gasteiger partial charge on any atom is -0.494 e. The molecule has 4 heteroatoms. The third kappa shape index (κ3) is 3.99. The molecule has 106 valence electrons. The van der Waals surface area contributed by atoms with E-state index in [1.165, 1.54) is 10.5 Å². The number of pyridine rings is 1. The van der Waals surface area contributed by atoms with Gasteiger partial charge in [0.1, 0.15) is 5.75 Å². The molecule has 0 amide bonds. The first-order valence-electron chi connectivity index (χ1n) is 6.74. The molecule has 2 rings (SSSR count). The number of ether oxygens (including phenoxy) is 1. The Morgan fingerprint density at radius 2 is 2.00 bits per heavy atom. The van der Waals surface area contributed by atoms with Crippen molar-refractivity contribution in [2.24, 2.45) is 5.73 Å². The van der Waals surface area contributed by atoms with Gasteiger partial charge in [-0.2, -0.15) is 0 Å². The number of rotatable bonds is 6. The fourth-order valence-electron chi connectivity index (χ4n) is 1.89. The van der Waals surface area contributed by atoms with Gasteiger partial charge in [0.05, 0.1) is 6.61 Å². The number of nitrogens with zero attached hydrogens (tertiary/aromatic N) is 1. The van der Waals surface area contributed by atoms with Crippen LogP contribution in [0, 0.1) is 0 Å². The Labute approximate surface area is 124 Å². The van der Waals surface area contributed by atoms with E-state index >= 15 is 0 Å². The highest BCUT2D eigenvalue weighted by Gasteiger charge is 2.08. The summed E-state index contributed by atoms with van der Waals surface area (Å²) in [6.07, 6.45) is 3.62. The summed E-state index contributed by atoms with van der Waals surface area (Å²) in [4.78, 5) is 5.23. The summed E-state index contributed by atoms with van der Waals surface area (Å²) in [6.45, 7) is 4.67. The van der Waals surface area contributed by atoms with Crippen molar-refractivity contribution in [3.8, 4) is 5.75 Å². The lowest BCUT2D eigenvalue weighted by atomic mass is 10.1. The zero-order chi connectivity index (χ0) is 14.4. The SMILES string of the molecule is CCOc1ccc(C(C)N)cc1CSc1ccncc1. The third-order valence-corrected chi connectivity index (χ3v) is 4.02. The first-order valence-corrected chi connectivity index (χ1v) is 7.73. The molecule has 1 heterocycles. The number of nitrogens with two attached hydrogens (primary N) is 1. The van der Waals surface area contributed by atoms with E-state index in [-0.39, 0.29) is 6.04 Å². The van der Waals surface area contributed by atoms with Crippen LogP contribution in [0.15, 0.2) is 47.6 Å². The number of thioether (sulfide) groups is 1. The number of hydrogen-bond acceptors (Lipinski definition) is 4. The Morgan fingerprint density at radius 3 is 2.65 bits per heavy atom. The maximum Gasteiger partial charge on any atom is 0.123 e. The summed E-state index contributed by atoms with van der Waals surface area (Å²) in [5, 5.41) is 0. The van der Waals surface area contributed by atoms with Crippen LogP contribution in [0.2, 0.25) is 0 Å². The molecule has 1 atom stereocenters. The largest absolute Gasteiger partial charge is 0.494 e. The average molecular weight is 288 g/mol. The Balaban J connectivity index is 2.16. The van der Waals surface area contributed by atoms with Crippen LogP contribution in [-0.2, 0) is 5.75 Å². The molecule has 2 aromatic rings. The second-order valence-corrected chi connectivity index (χ2v) is 5.61. The van der Waals surface area contributed by atoms with Gasteiger partial charge in [-0.3, -0.25) is 4.98 Å². The molecule has 0 aliphatic rings. The number of benzene rings is 1. The molecule has 1 unspecified atom stereocenters. The summed E-state index contributed by atoms with van der Waals surface area (Å²) < 4.78 is 5.69. The molecule has 0 spiro atoms. The van der Waals surface area contributed by atoms with Gasteiger partial charge in [-0.25, -0.2) is 0 Å². The Bertz CT molecular complexity index is 543. The van der Waals surface area contributed by atoms with Gasteiger partial charge in [-0.05, 0) is 43.7 Å². The Morgan fingerprint density at radius 1 is 1.25 bits per heavy atom. The molecule has 0 fully saturated rings. The van der Waals surface area contributed by atoms with E-state index in [2.05, 4.69) is 11.1 Å². The standard InChI is InChI=1S/C16H20N2OS/c1-3-19-16-5-4-13(12(2)17)10-14(16)11-20-15-6-8-18-9-7-15/h4-10,12H,3,11,17H2,1-2H3. The van der Waals surface area contributed by atoms with Gasteiger partial charge in [0.25, 0.3) is 0 Å². The van der Waals surface area contributed by atoms with Gasteiger partial charge in [0.15, 0.2) is 0 Å². The van der Waals surface area contributed by atoms with Gasteiger partial charge >= 0.3 is 0 Å². The highest BCUT2D eigenvalue weighted by Crippen LogP contribution is 2.29. The van der Waals surface area contributed by atoms with Gasteiger partial charge in [-0.1, -0.05) is 6.07 Å². The molecule has 1 aromatic carbocycles. The smallest absolute Gasteiger partial charge is 0.123 e. The molecule has 2 N–H and O–H groups in total. The predicted molar refractivity (Wildman–Crippen MR) is 84.0 cm³/mol. The third-order valence-electron chi connectivity index (χ3n) is 2.95. The fraction of sp³-hybridized carbons (Fsp3) is 0.312. The molecular weight excluding hydrogens is 268 g/mol. The lowest BCUT2D eigenvalue weighted by Crippen LogP contribution is -2.06.